The fraction of sp³-hybridized carbons (Fsp3) is 0.250. The molecule has 0 heterocycles. The second kappa shape index (κ2) is 3.89. The molecule has 0 aliphatic rings. The molecule has 0 aliphatic heterocycles. The Kier molecular flexibility index (Phi) is 3.08. The lowest BCUT2D eigenvalue weighted by Crippen LogP contribution is -2.14. The normalized spacial score (nSPS) is 12.9. The molecule has 0 fully saturated rings. The van der Waals surface area contributed by atoms with Crippen molar-refractivity contribution in [3.8, 4) is 5.75 Å². The van der Waals surface area contributed by atoms with E-state index in [1.807, 2.05) is 0 Å². The molecular formula is C8H10BrNO2. The van der Waals surface area contributed by atoms with E-state index >= 15 is 0 Å². The molecule has 1 atom stereocenters. The minimum absolute atomic E-state index is 0.111. The van der Waals surface area contributed by atoms with E-state index in [0.29, 0.717) is 5.56 Å². The molecule has 1 unspecified atom stereocenters. The van der Waals surface area contributed by atoms with Crippen LogP contribution in [-0.2, 0) is 0 Å². The molecule has 1 rings (SSSR count). The van der Waals surface area contributed by atoms with E-state index in [-0.39, 0.29) is 12.4 Å². The summed E-state index contributed by atoms with van der Waals surface area (Å²) < 4.78 is 0.833. The molecule has 0 aliphatic carbocycles. The van der Waals surface area contributed by atoms with Crippen molar-refractivity contribution in [2.75, 3.05) is 6.61 Å². The Morgan fingerprint density at radius 1 is 1.50 bits per heavy atom. The maximum absolute atomic E-state index is 9.32. The van der Waals surface area contributed by atoms with Gasteiger partial charge < -0.3 is 15.9 Å². The first-order valence-electron chi connectivity index (χ1n) is 3.50. The summed E-state index contributed by atoms with van der Waals surface area (Å²) in [5.74, 6) is 0.111. The first kappa shape index (κ1) is 9.51. The fourth-order valence-electron chi connectivity index (χ4n) is 0.921. The highest BCUT2D eigenvalue weighted by atomic mass is 79.9. The van der Waals surface area contributed by atoms with Gasteiger partial charge in [-0.15, -0.1) is 0 Å². The predicted molar refractivity (Wildman–Crippen MR) is 49.8 cm³/mol. The van der Waals surface area contributed by atoms with Crippen LogP contribution in [0.5, 0.6) is 5.75 Å². The van der Waals surface area contributed by atoms with Gasteiger partial charge in [-0.05, 0) is 18.2 Å². The number of phenolic OH excluding ortho intramolecular Hbond substituents is 1. The van der Waals surface area contributed by atoms with Gasteiger partial charge in [0.15, 0.2) is 0 Å². The summed E-state index contributed by atoms with van der Waals surface area (Å²) >= 11 is 3.25. The van der Waals surface area contributed by atoms with Crippen LogP contribution in [0.25, 0.3) is 0 Å². The van der Waals surface area contributed by atoms with Gasteiger partial charge in [-0.1, -0.05) is 15.9 Å². The van der Waals surface area contributed by atoms with Crippen LogP contribution < -0.4 is 5.73 Å². The van der Waals surface area contributed by atoms with Crippen molar-refractivity contribution < 1.29 is 10.2 Å². The number of benzene rings is 1. The summed E-state index contributed by atoms with van der Waals surface area (Å²) in [4.78, 5) is 0. The second-order valence-electron chi connectivity index (χ2n) is 2.49. The first-order chi connectivity index (χ1) is 5.65. The molecule has 0 radical (unpaired) electrons. The van der Waals surface area contributed by atoms with Gasteiger partial charge in [-0.25, -0.2) is 0 Å². The number of aliphatic hydroxyl groups excluding tert-OH is 1. The average Bonchev–Trinajstić information content (AvgIpc) is 2.08. The zero-order chi connectivity index (χ0) is 9.14. The van der Waals surface area contributed by atoms with Gasteiger partial charge in [-0.2, -0.15) is 0 Å². The number of nitrogens with two attached hydrogens (primary N) is 1. The lowest BCUT2D eigenvalue weighted by Gasteiger charge is -2.10. The molecule has 3 nitrogen and oxygen atoms in total. The second-order valence-corrected chi connectivity index (χ2v) is 3.41. The molecule has 1 aromatic carbocycles. The number of hydrogen-bond donors (Lipinski definition) is 3. The standard InChI is InChI=1S/C8H10BrNO2/c9-5-1-2-8(12)6(3-5)7(10)4-11/h1-3,7,11-12H,4,10H2. The van der Waals surface area contributed by atoms with Crippen LogP contribution in [-0.4, -0.2) is 16.8 Å². The molecule has 0 bridgehead atoms. The van der Waals surface area contributed by atoms with Crippen molar-refractivity contribution in [1.82, 2.24) is 0 Å². The molecule has 1 aromatic rings. The van der Waals surface area contributed by atoms with Crippen LogP contribution in [0.1, 0.15) is 11.6 Å². The van der Waals surface area contributed by atoms with E-state index in [9.17, 15) is 5.11 Å². The van der Waals surface area contributed by atoms with Gasteiger partial charge in [0.1, 0.15) is 5.75 Å². The van der Waals surface area contributed by atoms with E-state index < -0.39 is 6.04 Å². The van der Waals surface area contributed by atoms with Crippen LogP contribution in [0.2, 0.25) is 0 Å². The lowest BCUT2D eigenvalue weighted by molar-refractivity contribution is 0.265. The van der Waals surface area contributed by atoms with E-state index in [2.05, 4.69) is 15.9 Å². The molecule has 0 saturated carbocycles. The lowest BCUT2D eigenvalue weighted by atomic mass is 10.1. The molecule has 0 saturated heterocycles. The van der Waals surface area contributed by atoms with Crippen LogP contribution in [0, 0.1) is 0 Å². The minimum Gasteiger partial charge on any atom is -0.508 e. The molecular weight excluding hydrogens is 222 g/mol. The quantitative estimate of drug-likeness (QED) is 0.716. The van der Waals surface area contributed by atoms with Crippen LogP contribution in [0.4, 0.5) is 0 Å². The third kappa shape index (κ3) is 1.97. The highest BCUT2D eigenvalue weighted by Gasteiger charge is 2.09. The van der Waals surface area contributed by atoms with Crippen LogP contribution >= 0.6 is 15.9 Å². The zero-order valence-corrected chi connectivity index (χ0v) is 7.95. The monoisotopic (exact) mass is 231 g/mol. The van der Waals surface area contributed by atoms with E-state index in [1.165, 1.54) is 6.07 Å². The summed E-state index contributed by atoms with van der Waals surface area (Å²) in [6, 6.07) is 4.41. The summed E-state index contributed by atoms with van der Waals surface area (Å²) in [6.07, 6.45) is 0. The van der Waals surface area contributed by atoms with Gasteiger partial charge in [0.05, 0.1) is 12.6 Å². The molecule has 0 amide bonds. The zero-order valence-electron chi connectivity index (χ0n) is 6.37. The van der Waals surface area contributed by atoms with Gasteiger partial charge in [0, 0.05) is 10.0 Å². The average molecular weight is 232 g/mol. The highest BCUT2D eigenvalue weighted by molar-refractivity contribution is 9.10. The Labute approximate surface area is 79.0 Å². The number of rotatable bonds is 2. The molecule has 4 N–H and O–H groups in total. The van der Waals surface area contributed by atoms with Crippen LogP contribution in [0.3, 0.4) is 0 Å². The van der Waals surface area contributed by atoms with Gasteiger partial charge in [0.25, 0.3) is 0 Å². The topological polar surface area (TPSA) is 66.5 Å². The Hall–Kier alpha value is -0.580. The number of aromatic hydroxyl groups is 1. The number of hydrogen-bond acceptors (Lipinski definition) is 3. The predicted octanol–water partition coefficient (Wildman–Crippen LogP) is 1.15. The molecule has 0 aromatic heterocycles. The van der Waals surface area contributed by atoms with Crippen molar-refractivity contribution in [3.63, 3.8) is 0 Å². The van der Waals surface area contributed by atoms with E-state index in [1.54, 1.807) is 12.1 Å². The van der Waals surface area contributed by atoms with Crippen molar-refractivity contribution in [2.24, 2.45) is 5.73 Å². The van der Waals surface area contributed by atoms with E-state index in [4.69, 9.17) is 10.8 Å². The Morgan fingerprint density at radius 3 is 2.75 bits per heavy atom. The molecule has 4 heteroatoms. The SMILES string of the molecule is NC(CO)c1cc(Br)ccc1O. The Bertz CT molecular complexity index is 278. The minimum atomic E-state index is -0.525. The Balaban J connectivity index is 3.04. The smallest absolute Gasteiger partial charge is 0.120 e. The van der Waals surface area contributed by atoms with Crippen molar-refractivity contribution in [2.45, 2.75) is 6.04 Å². The number of halogens is 1. The molecule has 12 heavy (non-hydrogen) atoms. The highest BCUT2D eigenvalue weighted by Crippen LogP contribution is 2.25. The largest absolute Gasteiger partial charge is 0.508 e. The summed E-state index contributed by atoms with van der Waals surface area (Å²) in [7, 11) is 0. The van der Waals surface area contributed by atoms with Crippen molar-refractivity contribution in [1.29, 1.82) is 0 Å². The van der Waals surface area contributed by atoms with Gasteiger partial charge >= 0.3 is 0 Å². The summed E-state index contributed by atoms with van der Waals surface area (Å²) in [5, 5.41) is 18.1. The summed E-state index contributed by atoms with van der Waals surface area (Å²) in [6.45, 7) is -0.177. The number of aliphatic hydroxyl groups is 1. The van der Waals surface area contributed by atoms with Gasteiger partial charge in [0.2, 0.25) is 0 Å². The van der Waals surface area contributed by atoms with Crippen LogP contribution in [0.15, 0.2) is 22.7 Å². The van der Waals surface area contributed by atoms with E-state index in [0.717, 1.165) is 4.47 Å². The van der Waals surface area contributed by atoms with Crippen molar-refractivity contribution >= 4 is 15.9 Å². The summed E-state index contributed by atoms with van der Waals surface area (Å²) in [5.41, 5.74) is 6.08. The molecule has 0 spiro atoms. The maximum atomic E-state index is 9.32. The van der Waals surface area contributed by atoms with Gasteiger partial charge in [-0.3, -0.25) is 0 Å². The third-order valence-corrected chi connectivity index (χ3v) is 2.08. The third-order valence-electron chi connectivity index (χ3n) is 1.59. The maximum Gasteiger partial charge on any atom is 0.120 e. The van der Waals surface area contributed by atoms with Crippen molar-refractivity contribution in [3.05, 3.63) is 28.2 Å². The number of phenols is 1. The Morgan fingerprint density at radius 2 is 2.17 bits per heavy atom. The molecule has 66 valence electrons. The first-order valence-corrected chi connectivity index (χ1v) is 4.29. The fourth-order valence-corrected chi connectivity index (χ4v) is 1.30.